The molecular weight excluding hydrogens is 404 g/mol. The molecule has 0 saturated carbocycles. The normalized spacial score (nSPS) is 18.8. The lowest BCUT2D eigenvalue weighted by Gasteiger charge is -2.26. The predicted molar refractivity (Wildman–Crippen MR) is 127 cm³/mol. The van der Waals surface area contributed by atoms with Gasteiger partial charge in [-0.15, -0.1) is 0 Å². The molecule has 7 nitrogen and oxygen atoms in total. The number of fused-ring (bicyclic) bond motifs is 1. The summed E-state index contributed by atoms with van der Waals surface area (Å²) in [6.07, 6.45) is 10.7. The van der Waals surface area contributed by atoms with E-state index in [-0.39, 0.29) is 5.91 Å². The summed E-state index contributed by atoms with van der Waals surface area (Å²) in [5.41, 5.74) is 3.89. The van der Waals surface area contributed by atoms with Crippen LogP contribution in [0.3, 0.4) is 0 Å². The van der Waals surface area contributed by atoms with Gasteiger partial charge in [0.15, 0.2) is 0 Å². The molecule has 0 bridgehead atoms. The molecule has 170 valence electrons. The van der Waals surface area contributed by atoms with Gasteiger partial charge < -0.3 is 19.9 Å². The number of carbonyl (C=O) groups excluding carboxylic acids is 2. The van der Waals surface area contributed by atoms with Crippen LogP contribution in [0.25, 0.3) is 11.6 Å². The van der Waals surface area contributed by atoms with Crippen molar-refractivity contribution in [1.29, 1.82) is 0 Å². The Labute approximate surface area is 189 Å². The molecule has 0 aromatic carbocycles. The van der Waals surface area contributed by atoms with E-state index in [1.807, 2.05) is 13.0 Å². The minimum atomic E-state index is -0.398. The molecule has 2 aromatic rings. The van der Waals surface area contributed by atoms with E-state index < -0.39 is 5.97 Å². The highest BCUT2D eigenvalue weighted by Crippen LogP contribution is 2.37. The molecule has 32 heavy (non-hydrogen) atoms. The van der Waals surface area contributed by atoms with E-state index in [9.17, 15) is 9.59 Å². The second-order valence-corrected chi connectivity index (χ2v) is 8.59. The molecule has 7 heteroatoms. The number of unbranched alkanes of at least 4 members (excludes halogenated alkanes) is 2. The third-order valence-electron chi connectivity index (χ3n) is 6.25. The largest absolute Gasteiger partial charge is 0.462 e. The first-order chi connectivity index (χ1) is 15.5. The quantitative estimate of drug-likeness (QED) is 0.348. The van der Waals surface area contributed by atoms with Crippen molar-refractivity contribution < 1.29 is 14.3 Å². The number of rotatable bonds is 8. The van der Waals surface area contributed by atoms with E-state index in [0.29, 0.717) is 35.2 Å². The van der Waals surface area contributed by atoms with Crippen LogP contribution >= 0.6 is 0 Å². The average Bonchev–Trinajstić information content (AvgIpc) is 3.46. The van der Waals surface area contributed by atoms with Crippen molar-refractivity contribution in [2.75, 3.05) is 23.4 Å². The summed E-state index contributed by atoms with van der Waals surface area (Å²) in [7, 11) is 0. The first kappa shape index (κ1) is 22.1. The third kappa shape index (κ3) is 4.42. The molecule has 0 aliphatic carbocycles. The van der Waals surface area contributed by atoms with E-state index in [4.69, 9.17) is 4.74 Å². The Morgan fingerprint density at radius 2 is 2.16 bits per heavy atom. The number of nitrogens with zero attached hydrogens (tertiary/aromatic N) is 2. The molecule has 1 atom stereocenters. The maximum Gasteiger partial charge on any atom is 0.340 e. The number of aromatic nitrogens is 2. The first-order valence-corrected chi connectivity index (χ1v) is 11.7. The van der Waals surface area contributed by atoms with E-state index in [0.717, 1.165) is 23.6 Å². The van der Waals surface area contributed by atoms with Crippen LogP contribution in [0.1, 0.15) is 79.7 Å². The van der Waals surface area contributed by atoms with Gasteiger partial charge in [0, 0.05) is 23.8 Å². The Morgan fingerprint density at radius 3 is 2.94 bits per heavy atom. The SMILES string of the molecule is CCCCC[C@H]1CCCN1c1cc2c(cn1)NC(=O)/C2=C\c1[nH]c(C)cc1C(=O)OCC. The smallest absolute Gasteiger partial charge is 0.340 e. The Kier molecular flexibility index (Phi) is 6.63. The van der Waals surface area contributed by atoms with Crippen LogP contribution in [0.15, 0.2) is 18.3 Å². The predicted octanol–water partition coefficient (Wildman–Crippen LogP) is 4.94. The first-order valence-electron chi connectivity index (χ1n) is 11.7. The number of hydrogen-bond donors (Lipinski definition) is 2. The van der Waals surface area contributed by atoms with Crippen LogP contribution in [0, 0.1) is 6.92 Å². The van der Waals surface area contributed by atoms with Crippen molar-refractivity contribution in [3.63, 3.8) is 0 Å². The lowest BCUT2D eigenvalue weighted by molar-refractivity contribution is -0.110. The Morgan fingerprint density at radius 1 is 1.31 bits per heavy atom. The molecule has 2 aliphatic heterocycles. The van der Waals surface area contributed by atoms with Gasteiger partial charge in [-0.3, -0.25) is 4.79 Å². The van der Waals surface area contributed by atoms with Crippen molar-refractivity contribution in [3.8, 4) is 0 Å². The van der Waals surface area contributed by atoms with Gasteiger partial charge in [0.25, 0.3) is 5.91 Å². The van der Waals surface area contributed by atoms with Crippen LogP contribution in [0.5, 0.6) is 0 Å². The van der Waals surface area contributed by atoms with Gasteiger partial charge in [0.2, 0.25) is 0 Å². The summed E-state index contributed by atoms with van der Waals surface area (Å²) in [4.78, 5) is 35.4. The van der Waals surface area contributed by atoms with Crippen molar-refractivity contribution in [1.82, 2.24) is 9.97 Å². The summed E-state index contributed by atoms with van der Waals surface area (Å²) in [6, 6.07) is 4.27. The molecule has 4 heterocycles. The lowest BCUT2D eigenvalue weighted by Crippen LogP contribution is -2.29. The van der Waals surface area contributed by atoms with Gasteiger partial charge in [-0.2, -0.15) is 0 Å². The summed E-state index contributed by atoms with van der Waals surface area (Å²) >= 11 is 0. The van der Waals surface area contributed by atoms with Crippen molar-refractivity contribution in [2.24, 2.45) is 0 Å². The van der Waals surface area contributed by atoms with Crippen LogP contribution in [0.2, 0.25) is 0 Å². The molecule has 0 unspecified atom stereocenters. The molecule has 4 rings (SSSR count). The molecule has 1 amide bonds. The minimum Gasteiger partial charge on any atom is -0.462 e. The van der Waals surface area contributed by atoms with Crippen LogP contribution < -0.4 is 10.2 Å². The summed E-state index contributed by atoms with van der Waals surface area (Å²) in [6.45, 7) is 7.17. The fraction of sp³-hybridized carbons (Fsp3) is 0.480. The molecule has 2 aliphatic rings. The van der Waals surface area contributed by atoms with Crippen LogP contribution in [0.4, 0.5) is 11.5 Å². The highest BCUT2D eigenvalue weighted by molar-refractivity contribution is 6.35. The maximum absolute atomic E-state index is 12.8. The van der Waals surface area contributed by atoms with E-state index in [1.54, 1.807) is 25.3 Å². The number of H-pyrrole nitrogens is 1. The Bertz CT molecular complexity index is 1040. The topological polar surface area (TPSA) is 87.3 Å². The fourth-order valence-electron chi connectivity index (χ4n) is 4.69. The van der Waals surface area contributed by atoms with Gasteiger partial charge in [0.1, 0.15) is 5.82 Å². The molecule has 0 spiro atoms. The van der Waals surface area contributed by atoms with Gasteiger partial charge in [0.05, 0.1) is 35.3 Å². The monoisotopic (exact) mass is 436 g/mol. The molecular formula is C25H32N4O3. The van der Waals surface area contributed by atoms with Crippen LogP contribution in [-0.4, -0.2) is 41.0 Å². The van der Waals surface area contributed by atoms with Crippen LogP contribution in [-0.2, 0) is 9.53 Å². The number of anilines is 2. The molecule has 0 radical (unpaired) electrons. The number of aromatic amines is 1. The standard InChI is InChI=1S/C25H32N4O3/c1-4-6-7-9-17-10-8-11-29(17)23-14-18-19(24(30)28-22(18)15-26-23)13-21-20(12-16(3)27-21)25(31)32-5-2/h12-15,17,27H,4-11H2,1-3H3,(H,28,30)/b19-13-/t17-/m0/s1. The Hall–Kier alpha value is -3.09. The number of carbonyl (C=O) groups is 2. The average molecular weight is 437 g/mol. The van der Waals surface area contributed by atoms with E-state index >= 15 is 0 Å². The fourth-order valence-corrected chi connectivity index (χ4v) is 4.69. The number of nitrogens with one attached hydrogen (secondary N) is 2. The second kappa shape index (κ2) is 9.59. The molecule has 1 saturated heterocycles. The lowest BCUT2D eigenvalue weighted by atomic mass is 10.0. The molecule has 2 N–H and O–H groups in total. The molecule has 2 aromatic heterocycles. The zero-order chi connectivity index (χ0) is 22.7. The zero-order valence-corrected chi connectivity index (χ0v) is 19.2. The Balaban J connectivity index is 1.65. The van der Waals surface area contributed by atoms with Gasteiger partial charge >= 0.3 is 5.97 Å². The molecule has 1 fully saturated rings. The number of pyridine rings is 1. The number of ether oxygens (including phenoxy) is 1. The highest BCUT2D eigenvalue weighted by Gasteiger charge is 2.30. The summed E-state index contributed by atoms with van der Waals surface area (Å²) < 4.78 is 5.18. The summed E-state index contributed by atoms with van der Waals surface area (Å²) in [5, 5.41) is 2.90. The minimum absolute atomic E-state index is 0.193. The van der Waals surface area contributed by atoms with Gasteiger partial charge in [-0.25, -0.2) is 9.78 Å². The van der Waals surface area contributed by atoms with Crippen molar-refractivity contribution >= 4 is 35.0 Å². The third-order valence-corrected chi connectivity index (χ3v) is 6.25. The summed E-state index contributed by atoms with van der Waals surface area (Å²) in [5.74, 6) is 0.324. The van der Waals surface area contributed by atoms with E-state index in [2.05, 4.69) is 27.1 Å². The van der Waals surface area contributed by atoms with Crippen molar-refractivity contribution in [3.05, 3.63) is 40.8 Å². The number of hydrogen-bond acceptors (Lipinski definition) is 5. The van der Waals surface area contributed by atoms with E-state index in [1.165, 1.54) is 38.5 Å². The van der Waals surface area contributed by atoms with Gasteiger partial charge in [-0.05, 0) is 51.3 Å². The number of amides is 1. The second-order valence-electron chi connectivity index (χ2n) is 8.59. The van der Waals surface area contributed by atoms with Crippen molar-refractivity contribution in [2.45, 2.75) is 65.3 Å². The van der Waals surface area contributed by atoms with Gasteiger partial charge in [-0.1, -0.05) is 26.2 Å². The highest BCUT2D eigenvalue weighted by atomic mass is 16.5. The number of aryl methyl sites for hydroxylation is 1. The number of esters is 1. The zero-order valence-electron chi connectivity index (χ0n) is 19.2. The maximum atomic E-state index is 12.8.